The van der Waals surface area contributed by atoms with E-state index in [1.165, 1.54) is 6.42 Å². The average molecular weight is 749 g/mol. The van der Waals surface area contributed by atoms with Crippen LogP contribution in [0.4, 0.5) is 0 Å². The second-order valence-electron chi connectivity index (χ2n) is 18.5. The highest BCUT2D eigenvalue weighted by Gasteiger charge is 2.57. The molecule has 0 aromatic heterocycles. The number of hydroxylamine groups is 2. The molecule has 0 unspecified atom stereocenters. The van der Waals surface area contributed by atoms with Gasteiger partial charge in [0.2, 0.25) is 5.91 Å². The zero-order valence-corrected chi connectivity index (χ0v) is 34.1. The number of hydrogen-bond donors (Lipinski definition) is 4. The molecule has 0 radical (unpaired) electrons. The first kappa shape index (κ1) is 40.4. The Balaban J connectivity index is 1.29. The van der Waals surface area contributed by atoms with E-state index in [0.717, 1.165) is 35.1 Å². The fraction of sp³-hybridized carbons (Fsp3) is 0.674. The van der Waals surface area contributed by atoms with E-state index in [1.54, 1.807) is 19.1 Å². The van der Waals surface area contributed by atoms with Crippen LogP contribution in [-0.4, -0.2) is 103 Å². The fourth-order valence-corrected chi connectivity index (χ4v) is 10.1. The third-order valence-corrected chi connectivity index (χ3v) is 12.8. The maximum atomic E-state index is 14.3. The fourth-order valence-electron chi connectivity index (χ4n) is 10.1. The van der Waals surface area contributed by atoms with E-state index in [9.17, 15) is 19.8 Å². The molecule has 7 rings (SSSR count). The van der Waals surface area contributed by atoms with Gasteiger partial charge in [0.25, 0.3) is 5.91 Å². The summed E-state index contributed by atoms with van der Waals surface area (Å²) in [6, 6.07) is 8.95. The van der Waals surface area contributed by atoms with E-state index < -0.39 is 24.2 Å². The molecule has 2 amide bonds. The molecule has 3 saturated carbocycles. The molecule has 298 valence electrons. The Hall–Kier alpha value is -3.22. The molecule has 2 aromatic rings. The van der Waals surface area contributed by atoms with Crippen LogP contribution in [0.2, 0.25) is 0 Å². The molecule has 54 heavy (non-hydrogen) atoms. The number of aliphatic hydroxyl groups excluding tert-OH is 2. The number of nitrogens with one attached hydrogen (secondary N) is 2. The van der Waals surface area contributed by atoms with Crippen LogP contribution >= 0.6 is 0 Å². The van der Waals surface area contributed by atoms with Gasteiger partial charge < -0.3 is 35.2 Å². The average Bonchev–Trinajstić information content (AvgIpc) is 3.72. The van der Waals surface area contributed by atoms with Gasteiger partial charge in [0.1, 0.15) is 23.6 Å². The summed E-state index contributed by atoms with van der Waals surface area (Å²) in [5, 5.41) is 29.6. The molecule has 4 fully saturated rings. The van der Waals surface area contributed by atoms with Gasteiger partial charge in [-0.15, -0.1) is 0 Å². The van der Waals surface area contributed by atoms with Gasteiger partial charge in [-0.3, -0.25) is 14.4 Å². The SMILES string of the molecule is COc1c(CN2O[C@@H](CO)[C@@H]([C@H](C)O)[C@H]2C(=O)N[C@H]2C[C@H]3C[C@@H]([C@@H]2C)C3(C)C)cccc1-c1cc2c(c(C(=O)N[C@H](CN(C)C)CC(C)(C)C)c1)OCC2. The van der Waals surface area contributed by atoms with Crippen LogP contribution < -0.4 is 20.1 Å². The highest BCUT2D eigenvalue weighted by molar-refractivity contribution is 5.99. The van der Waals surface area contributed by atoms with E-state index in [2.05, 4.69) is 63.1 Å². The summed E-state index contributed by atoms with van der Waals surface area (Å²) in [5.74, 6) is 1.67. The van der Waals surface area contributed by atoms with Gasteiger partial charge in [0.05, 0.1) is 38.5 Å². The predicted octanol–water partition coefficient (Wildman–Crippen LogP) is 5.05. The molecule has 2 aliphatic heterocycles. The summed E-state index contributed by atoms with van der Waals surface area (Å²) in [4.78, 5) is 36.7. The van der Waals surface area contributed by atoms with Crippen LogP contribution in [0, 0.1) is 34.5 Å². The highest BCUT2D eigenvalue weighted by atomic mass is 16.7. The molecule has 3 aliphatic carbocycles. The van der Waals surface area contributed by atoms with Crippen molar-refractivity contribution in [1.82, 2.24) is 20.6 Å². The molecule has 0 spiro atoms. The van der Waals surface area contributed by atoms with Crippen molar-refractivity contribution < 1.29 is 34.1 Å². The number of likely N-dealkylation sites (N-methyl/N-ethyl adjacent to an activating group) is 1. The van der Waals surface area contributed by atoms with Gasteiger partial charge >= 0.3 is 0 Å². The first-order chi connectivity index (χ1) is 25.4. The summed E-state index contributed by atoms with van der Waals surface area (Å²) in [6.45, 7) is 16.2. The number of para-hydroxylation sites is 1. The van der Waals surface area contributed by atoms with E-state index >= 15 is 0 Å². The maximum Gasteiger partial charge on any atom is 0.255 e. The highest BCUT2D eigenvalue weighted by Crippen LogP contribution is 2.61. The van der Waals surface area contributed by atoms with Gasteiger partial charge in [-0.2, -0.15) is 5.06 Å². The Morgan fingerprint density at radius 3 is 2.52 bits per heavy atom. The Morgan fingerprint density at radius 1 is 1.17 bits per heavy atom. The number of rotatable bonds is 13. The van der Waals surface area contributed by atoms with E-state index in [0.29, 0.717) is 54.4 Å². The van der Waals surface area contributed by atoms with E-state index in [4.69, 9.17) is 14.3 Å². The number of ether oxygens (including phenoxy) is 2. The second kappa shape index (κ2) is 15.7. The second-order valence-corrected chi connectivity index (χ2v) is 18.5. The number of fused-ring (bicyclic) bond motifs is 3. The molecule has 2 aromatic carbocycles. The van der Waals surface area contributed by atoms with Crippen molar-refractivity contribution in [3.8, 4) is 22.6 Å². The van der Waals surface area contributed by atoms with Gasteiger partial charge in [-0.1, -0.05) is 59.7 Å². The molecule has 1 saturated heterocycles. The van der Waals surface area contributed by atoms with Crippen LogP contribution in [0.25, 0.3) is 11.1 Å². The van der Waals surface area contributed by atoms with Crippen LogP contribution in [0.1, 0.15) is 89.2 Å². The van der Waals surface area contributed by atoms with Gasteiger partial charge in [-0.25, -0.2) is 0 Å². The minimum Gasteiger partial charge on any atom is -0.496 e. The number of methoxy groups -OCH3 is 1. The molecular formula is C43H64N4O7. The quantitative estimate of drug-likeness (QED) is 0.222. The Morgan fingerprint density at radius 2 is 1.91 bits per heavy atom. The van der Waals surface area contributed by atoms with E-state index in [1.807, 2.05) is 38.4 Å². The molecule has 11 nitrogen and oxygen atoms in total. The minimum atomic E-state index is -0.897. The van der Waals surface area contributed by atoms with Crippen molar-refractivity contribution in [3.63, 3.8) is 0 Å². The zero-order chi connectivity index (χ0) is 39.3. The number of nitrogens with zero attached hydrogens (tertiary/aromatic N) is 2. The van der Waals surface area contributed by atoms with Crippen LogP contribution in [0.3, 0.4) is 0 Å². The number of amides is 2. The Bertz CT molecular complexity index is 1690. The molecule has 9 atom stereocenters. The summed E-state index contributed by atoms with van der Waals surface area (Å²) >= 11 is 0. The summed E-state index contributed by atoms with van der Waals surface area (Å²) in [5.41, 5.74) is 4.15. The lowest BCUT2D eigenvalue weighted by atomic mass is 9.45. The predicted molar refractivity (Wildman–Crippen MR) is 209 cm³/mol. The molecular weight excluding hydrogens is 684 g/mol. The first-order valence-corrected chi connectivity index (χ1v) is 19.9. The van der Waals surface area contributed by atoms with Crippen molar-refractivity contribution in [2.45, 2.75) is 111 Å². The number of aliphatic hydroxyl groups is 2. The molecule has 11 heteroatoms. The van der Waals surface area contributed by atoms with Gasteiger partial charge in [-0.05, 0) is 92.1 Å². The van der Waals surface area contributed by atoms with Crippen molar-refractivity contribution in [2.75, 3.05) is 41.0 Å². The monoisotopic (exact) mass is 748 g/mol. The Kier molecular flexibility index (Phi) is 11.8. The number of carbonyl (C=O) groups excluding carboxylic acids is 2. The summed E-state index contributed by atoms with van der Waals surface area (Å²) in [6.07, 6.45) is 2.00. The number of benzene rings is 2. The third-order valence-electron chi connectivity index (χ3n) is 12.8. The molecule has 4 N–H and O–H groups in total. The largest absolute Gasteiger partial charge is 0.496 e. The van der Waals surface area contributed by atoms with Gasteiger partial charge in [0.15, 0.2) is 0 Å². The first-order valence-electron chi connectivity index (χ1n) is 19.9. The summed E-state index contributed by atoms with van der Waals surface area (Å²) in [7, 11) is 5.64. The lowest BCUT2D eigenvalue weighted by molar-refractivity contribution is -0.183. The lowest BCUT2D eigenvalue weighted by Gasteiger charge is -2.62. The smallest absolute Gasteiger partial charge is 0.255 e. The van der Waals surface area contributed by atoms with E-state index in [-0.39, 0.29) is 47.9 Å². The van der Waals surface area contributed by atoms with Crippen molar-refractivity contribution in [1.29, 1.82) is 0 Å². The van der Waals surface area contributed by atoms with Crippen molar-refractivity contribution in [3.05, 3.63) is 47.0 Å². The van der Waals surface area contributed by atoms with Crippen molar-refractivity contribution >= 4 is 11.8 Å². The normalized spacial score (nSPS) is 28.5. The summed E-state index contributed by atoms with van der Waals surface area (Å²) < 4.78 is 12.1. The molecule has 2 bridgehead atoms. The van der Waals surface area contributed by atoms with Crippen molar-refractivity contribution in [2.24, 2.45) is 34.5 Å². The topological polar surface area (TPSA) is 133 Å². The number of hydrogen-bond acceptors (Lipinski definition) is 9. The lowest BCUT2D eigenvalue weighted by Crippen LogP contribution is -2.62. The zero-order valence-electron chi connectivity index (χ0n) is 34.1. The molecule has 2 heterocycles. The minimum absolute atomic E-state index is 0.0268. The van der Waals surface area contributed by atoms with Crippen LogP contribution in [-0.2, 0) is 22.6 Å². The maximum absolute atomic E-state index is 14.3. The molecule has 5 aliphatic rings. The Labute approximate surface area is 322 Å². The third kappa shape index (κ3) is 8.03. The van der Waals surface area contributed by atoms with Crippen LogP contribution in [0.15, 0.2) is 30.3 Å². The van der Waals surface area contributed by atoms with Gasteiger partial charge in [0, 0.05) is 42.1 Å². The standard InChI is InChI=1S/C43H64N4O7/c1-24-33-18-29(43(33,6)7)19-34(24)45-41(51)37-36(25(2)49)35(23-48)54-47(37)21-27-12-11-13-31(38(27)52-10)28-16-26-14-15-53-39(26)32(17-28)40(50)44-30(22-46(8)9)20-42(3,4)5/h11-13,16-17,24-25,29-30,33-37,48-49H,14-15,18-23H2,1-10H3,(H,44,50)(H,45,51)/t24-,25-,29+,30-,33-,34-,35-,36+,37-/m0/s1. The van der Waals surface area contributed by atoms with Crippen LogP contribution in [0.5, 0.6) is 11.5 Å². The number of carbonyl (C=O) groups is 2.